The lowest BCUT2D eigenvalue weighted by molar-refractivity contribution is 1.40. The summed E-state index contributed by atoms with van der Waals surface area (Å²) in [6, 6.07) is 110. The minimum absolute atomic E-state index is 1.32. The highest BCUT2D eigenvalue weighted by Crippen LogP contribution is 2.37. The van der Waals surface area contributed by atoms with Crippen LogP contribution in [0.5, 0.6) is 0 Å². The van der Waals surface area contributed by atoms with Crippen LogP contribution < -0.4 is 0 Å². The highest BCUT2D eigenvalue weighted by molar-refractivity contribution is 6.23. The van der Waals surface area contributed by atoms with E-state index in [0.29, 0.717) is 0 Å². The highest BCUT2D eigenvalue weighted by atomic mass is 14.2. The Bertz CT molecular complexity index is 5810. The van der Waals surface area contributed by atoms with E-state index in [1.165, 1.54) is 207 Å². The van der Waals surface area contributed by atoms with Crippen LogP contribution in [0.15, 0.2) is 303 Å². The molecule has 19 aromatic carbocycles. The molecule has 0 bridgehead atoms. The molecule has 0 heterocycles. The first-order valence-corrected chi connectivity index (χ1v) is 36.0. The van der Waals surface area contributed by atoms with E-state index in [4.69, 9.17) is 0 Å². The van der Waals surface area contributed by atoms with Crippen LogP contribution in [0.2, 0.25) is 0 Å². The fourth-order valence-corrected chi connectivity index (χ4v) is 15.0. The topological polar surface area (TPSA) is 0 Å². The first-order chi connectivity index (χ1) is 49.3. The van der Waals surface area contributed by atoms with Gasteiger partial charge in [0.05, 0.1) is 0 Å². The monoisotopic (exact) mass is 1320 g/mol. The fourth-order valence-electron chi connectivity index (χ4n) is 15.0. The van der Waals surface area contributed by atoms with Crippen molar-refractivity contribution in [2.45, 2.75) is 96.9 Å². The van der Waals surface area contributed by atoms with Gasteiger partial charge >= 0.3 is 0 Å². The molecule has 0 atom stereocenters. The Balaban J connectivity index is 0.000000107. The Morgan fingerprint density at radius 3 is 0.775 bits per heavy atom. The Morgan fingerprint density at radius 1 is 0.127 bits per heavy atom. The molecule has 0 saturated heterocycles. The van der Waals surface area contributed by atoms with E-state index >= 15 is 0 Å². The molecule has 19 aromatic rings. The SMILES string of the molecule is Cc1c2ccccc2c(C)c2ccccc12.Cc1cc2ccc3cc(C)cc4ccc(c1)c2c34.Cc1ccc(C)c2c1ccc1ccccc12.Cc1ccc(C)c2cc3ccccc3cc12.Cc1ccc(C)c2ccccc12.Cc1ccc(C)cc1.Cc1ccc2c(ccc3cc(C)ccc32)c1. The zero-order valence-electron chi connectivity index (χ0n) is 61.9. The lowest BCUT2D eigenvalue weighted by atomic mass is 9.92. The van der Waals surface area contributed by atoms with E-state index in [9.17, 15) is 0 Å². The van der Waals surface area contributed by atoms with E-state index in [2.05, 4.69) is 400 Å². The van der Waals surface area contributed by atoms with Crippen molar-refractivity contribution in [3.8, 4) is 0 Å². The van der Waals surface area contributed by atoms with Crippen LogP contribution in [0.3, 0.4) is 0 Å². The van der Waals surface area contributed by atoms with Gasteiger partial charge in [-0.2, -0.15) is 0 Å². The molecule has 0 aromatic heterocycles. The van der Waals surface area contributed by atoms with E-state index in [1.54, 1.807) is 0 Å². The average Bonchev–Trinajstić information content (AvgIpc) is 0.754. The summed E-state index contributed by atoms with van der Waals surface area (Å²) in [4.78, 5) is 0. The summed E-state index contributed by atoms with van der Waals surface area (Å²) in [6.07, 6.45) is 0. The lowest BCUT2D eigenvalue weighted by Gasteiger charge is -2.12. The molecule has 0 aliphatic rings. The van der Waals surface area contributed by atoms with Crippen LogP contribution in [0.4, 0.5) is 0 Å². The normalized spacial score (nSPS) is 11.0. The lowest BCUT2D eigenvalue weighted by Crippen LogP contribution is -1.87. The van der Waals surface area contributed by atoms with Gasteiger partial charge in [0.1, 0.15) is 0 Å². The largest absolute Gasteiger partial charge is 0.0616 e. The molecule has 0 fully saturated rings. The molecule has 0 amide bonds. The van der Waals surface area contributed by atoms with Gasteiger partial charge in [-0.1, -0.05) is 313 Å². The average molecular weight is 1320 g/mol. The minimum atomic E-state index is 1.32. The van der Waals surface area contributed by atoms with Crippen molar-refractivity contribution in [3.63, 3.8) is 0 Å². The number of hydrogen-bond acceptors (Lipinski definition) is 0. The Hall–Kier alpha value is -11.4. The van der Waals surface area contributed by atoms with Gasteiger partial charge in [0.25, 0.3) is 0 Å². The van der Waals surface area contributed by atoms with Gasteiger partial charge in [0.2, 0.25) is 0 Å². The smallest absolute Gasteiger partial charge is 0.00266 e. The zero-order valence-corrected chi connectivity index (χ0v) is 61.9. The highest BCUT2D eigenvalue weighted by Gasteiger charge is 2.11. The van der Waals surface area contributed by atoms with Crippen LogP contribution in [-0.2, 0) is 0 Å². The third kappa shape index (κ3) is 14.7. The second-order valence-electron chi connectivity index (χ2n) is 28.4. The van der Waals surface area contributed by atoms with Crippen LogP contribution >= 0.6 is 0 Å². The number of benzene rings is 19. The molecular weight excluding hydrogens is 1230 g/mol. The Morgan fingerprint density at radius 2 is 0.392 bits per heavy atom. The van der Waals surface area contributed by atoms with Crippen LogP contribution in [-0.4, -0.2) is 0 Å². The zero-order chi connectivity index (χ0) is 71.3. The molecule has 0 heteroatoms. The van der Waals surface area contributed by atoms with Crippen molar-refractivity contribution < 1.29 is 0 Å². The van der Waals surface area contributed by atoms with E-state index in [1.807, 2.05) is 0 Å². The summed E-state index contributed by atoms with van der Waals surface area (Å²) in [5, 5.41) is 32.7. The van der Waals surface area contributed by atoms with Gasteiger partial charge in [0, 0.05) is 0 Å². The second kappa shape index (κ2) is 30.2. The molecular formula is C102H92. The molecule has 500 valence electrons. The molecule has 0 spiro atoms. The van der Waals surface area contributed by atoms with E-state index < -0.39 is 0 Å². The number of fused-ring (bicyclic) bond motifs is 11. The van der Waals surface area contributed by atoms with Crippen molar-refractivity contribution >= 4 is 129 Å². The van der Waals surface area contributed by atoms with Gasteiger partial charge in [0.15, 0.2) is 0 Å². The van der Waals surface area contributed by atoms with Gasteiger partial charge in [-0.05, 0) is 294 Å². The summed E-state index contributed by atoms with van der Waals surface area (Å²) >= 11 is 0. The third-order valence-corrected chi connectivity index (χ3v) is 20.7. The maximum absolute atomic E-state index is 2.30. The Kier molecular flexibility index (Phi) is 20.4. The maximum atomic E-state index is 2.30. The molecule has 19 rings (SSSR count). The molecule has 0 aliphatic heterocycles. The van der Waals surface area contributed by atoms with Gasteiger partial charge < -0.3 is 0 Å². The number of hydrogen-bond donors (Lipinski definition) is 0. The fraction of sp³-hybridized carbons (Fsp3) is 0.137. The van der Waals surface area contributed by atoms with Crippen LogP contribution in [0.25, 0.3) is 129 Å². The van der Waals surface area contributed by atoms with Crippen molar-refractivity contribution in [3.05, 3.63) is 381 Å². The van der Waals surface area contributed by atoms with Gasteiger partial charge in [-0.15, -0.1) is 0 Å². The van der Waals surface area contributed by atoms with Crippen LogP contribution in [0.1, 0.15) is 77.9 Å². The molecule has 0 unspecified atom stereocenters. The predicted octanol–water partition coefficient (Wildman–Crippen LogP) is 29.4. The molecule has 0 radical (unpaired) electrons. The predicted molar refractivity (Wildman–Crippen MR) is 453 cm³/mol. The maximum Gasteiger partial charge on any atom is -0.00266 e. The summed E-state index contributed by atoms with van der Waals surface area (Å²) < 4.78 is 0. The number of rotatable bonds is 0. The molecule has 0 saturated carbocycles. The molecule has 0 aliphatic carbocycles. The molecule has 0 N–H and O–H groups in total. The van der Waals surface area contributed by atoms with E-state index in [-0.39, 0.29) is 0 Å². The van der Waals surface area contributed by atoms with Gasteiger partial charge in [-0.3, -0.25) is 0 Å². The second-order valence-corrected chi connectivity index (χ2v) is 28.4. The summed E-state index contributed by atoms with van der Waals surface area (Å²) in [5.41, 5.74) is 18.9. The van der Waals surface area contributed by atoms with Crippen molar-refractivity contribution in [1.82, 2.24) is 0 Å². The summed E-state index contributed by atoms with van der Waals surface area (Å²) in [5.74, 6) is 0. The minimum Gasteiger partial charge on any atom is -0.0616 e. The first kappa shape index (κ1) is 69.1. The first-order valence-electron chi connectivity index (χ1n) is 36.0. The van der Waals surface area contributed by atoms with Gasteiger partial charge in [-0.25, -0.2) is 0 Å². The van der Waals surface area contributed by atoms with Crippen molar-refractivity contribution in [2.24, 2.45) is 0 Å². The standard InChI is InChI=1S/C18H14.4C16H14.C12H12.C8H10/c1-11-7-13-3-5-15-9-12(2)10-16-6-4-14(8-11)17(13)18(15)16;1-11-3-7-15-13(9-11)5-6-14-10-12(2)4-8-16(14)15;1-11-13-7-3-5-9-15(13)12(2)16-10-6-4-8-14(11)16;1-11-7-8-12(2)16-10-14-6-4-3-5-13(14)9-15(11)16;1-11-7-8-12(2)16-14(11)10-9-13-5-3-4-6-15(13)16;1-9-7-8-10(2)12-6-4-3-5-11(9)12;1-7-3-5-8(2)6-4-7/h3-10H,1-2H3;4*3-10H,1-2H3;3-8H,1-2H3;3-6H,1-2H3. The molecule has 102 heavy (non-hydrogen) atoms. The van der Waals surface area contributed by atoms with Crippen molar-refractivity contribution in [2.75, 3.05) is 0 Å². The summed E-state index contributed by atoms with van der Waals surface area (Å²) in [6.45, 7) is 30.3. The van der Waals surface area contributed by atoms with Crippen molar-refractivity contribution in [1.29, 1.82) is 0 Å². The summed E-state index contributed by atoms with van der Waals surface area (Å²) in [7, 11) is 0. The van der Waals surface area contributed by atoms with E-state index in [0.717, 1.165) is 0 Å². The Labute approximate surface area is 603 Å². The number of aryl methyl sites for hydroxylation is 14. The quantitative estimate of drug-likeness (QED) is 0.105. The molecule has 0 nitrogen and oxygen atoms in total. The van der Waals surface area contributed by atoms with Crippen LogP contribution in [0, 0.1) is 96.9 Å². The third-order valence-electron chi connectivity index (χ3n) is 20.7.